The first-order valence-corrected chi connectivity index (χ1v) is 10.4. The van der Waals surface area contributed by atoms with Crippen molar-refractivity contribution in [3.05, 3.63) is 64.9 Å². The van der Waals surface area contributed by atoms with Gasteiger partial charge in [0.2, 0.25) is 0 Å². The Balaban J connectivity index is 1.35. The average molecular weight is 387 g/mol. The number of aliphatic imine (C=N–C) groups is 1. The first-order valence-electron chi connectivity index (χ1n) is 10.4. The van der Waals surface area contributed by atoms with Gasteiger partial charge in [-0.3, -0.25) is 9.89 Å². The molecule has 0 aliphatic carbocycles. The van der Waals surface area contributed by atoms with E-state index in [4.69, 9.17) is 9.51 Å². The van der Waals surface area contributed by atoms with Gasteiger partial charge in [0, 0.05) is 55.5 Å². The Hall–Kier alpha value is -2.86. The molecule has 6 nitrogen and oxygen atoms in total. The summed E-state index contributed by atoms with van der Waals surface area (Å²) in [4.78, 5) is 16.5. The lowest BCUT2D eigenvalue weighted by molar-refractivity contribution is 0.241. The summed E-state index contributed by atoms with van der Waals surface area (Å²) in [6.07, 6.45) is 6.30. The van der Waals surface area contributed by atoms with Crippen LogP contribution in [0.15, 0.2) is 46.0 Å². The summed E-state index contributed by atoms with van der Waals surface area (Å²) < 4.78 is 5.53. The van der Waals surface area contributed by atoms with Crippen molar-refractivity contribution in [3.8, 4) is 11.3 Å². The van der Waals surface area contributed by atoms with Crippen LogP contribution in [-0.2, 0) is 19.5 Å². The van der Waals surface area contributed by atoms with Gasteiger partial charge >= 0.3 is 0 Å². The molecule has 0 amide bonds. The average Bonchev–Trinajstić information content (AvgIpc) is 3.14. The lowest BCUT2D eigenvalue weighted by atomic mass is 10.0. The molecule has 29 heavy (non-hydrogen) atoms. The molecule has 1 aromatic carbocycles. The summed E-state index contributed by atoms with van der Waals surface area (Å²) in [6.45, 7) is 5.53. The van der Waals surface area contributed by atoms with Crippen molar-refractivity contribution in [1.29, 1.82) is 0 Å². The van der Waals surface area contributed by atoms with Gasteiger partial charge in [-0.25, -0.2) is 9.97 Å². The summed E-state index contributed by atoms with van der Waals surface area (Å²) in [5, 5.41) is 4.32. The first-order chi connectivity index (χ1) is 14.3. The fourth-order valence-corrected chi connectivity index (χ4v) is 4.15. The van der Waals surface area contributed by atoms with Crippen LogP contribution < -0.4 is 0 Å². The number of fused-ring (bicyclic) bond motifs is 1. The molecule has 2 aliphatic heterocycles. The van der Waals surface area contributed by atoms with Crippen molar-refractivity contribution in [2.45, 2.75) is 45.7 Å². The van der Waals surface area contributed by atoms with E-state index >= 15 is 0 Å². The molecule has 148 valence electrons. The number of nitrogens with zero attached hydrogens (tertiary/aromatic N) is 5. The van der Waals surface area contributed by atoms with E-state index in [1.807, 2.05) is 31.3 Å². The predicted octanol–water partition coefficient (Wildman–Crippen LogP) is 3.97. The van der Waals surface area contributed by atoms with Gasteiger partial charge in [-0.15, -0.1) is 0 Å². The smallest absolute Gasteiger partial charge is 0.173 e. The van der Waals surface area contributed by atoms with E-state index in [9.17, 15) is 0 Å². The highest BCUT2D eigenvalue weighted by Crippen LogP contribution is 2.28. The third-order valence-electron chi connectivity index (χ3n) is 5.81. The molecule has 0 fully saturated rings. The van der Waals surface area contributed by atoms with Gasteiger partial charge in [0.25, 0.3) is 0 Å². The fraction of sp³-hybridized carbons (Fsp3) is 0.391. The zero-order valence-electron chi connectivity index (χ0n) is 16.8. The minimum atomic E-state index is 0.813. The number of aryl methyl sites for hydroxylation is 1. The number of aromatic nitrogens is 3. The Kier molecular flexibility index (Phi) is 4.94. The van der Waals surface area contributed by atoms with Crippen LogP contribution in [0.4, 0.5) is 0 Å². The summed E-state index contributed by atoms with van der Waals surface area (Å²) in [5.74, 6) is 1.72. The number of benzene rings is 1. The molecular formula is C23H25N5O. The van der Waals surface area contributed by atoms with Crippen LogP contribution in [0, 0.1) is 6.92 Å². The second kappa shape index (κ2) is 7.87. The Bertz CT molecular complexity index is 1040. The zero-order valence-corrected chi connectivity index (χ0v) is 16.8. The molecule has 4 heterocycles. The van der Waals surface area contributed by atoms with Gasteiger partial charge in [0.05, 0.1) is 11.4 Å². The largest absolute Gasteiger partial charge is 0.361 e. The van der Waals surface area contributed by atoms with Crippen molar-refractivity contribution in [1.82, 2.24) is 20.0 Å². The van der Waals surface area contributed by atoms with Crippen molar-refractivity contribution >= 4 is 5.71 Å². The zero-order chi connectivity index (χ0) is 19.6. The summed E-state index contributed by atoms with van der Waals surface area (Å²) in [6, 6.07) is 10.2. The van der Waals surface area contributed by atoms with Gasteiger partial charge in [0.15, 0.2) is 5.82 Å². The van der Waals surface area contributed by atoms with E-state index in [2.05, 4.69) is 32.2 Å². The quantitative estimate of drug-likeness (QED) is 0.678. The molecule has 0 N–H and O–H groups in total. The SMILES string of the molecule is Cc1onc(-c2ccccc2)c1CN1CCc2nc(C3=NCCCC3)ncc2C1. The minimum Gasteiger partial charge on any atom is -0.361 e. The maximum absolute atomic E-state index is 5.53. The van der Waals surface area contributed by atoms with Crippen LogP contribution in [-0.4, -0.2) is 38.8 Å². The molecule has 2 aromatic heterocycles. The summed E-state index contributed by atoms with van der Waals surface area (Å²) >= 11 is 0. The highest BCUT2D eigenvalue weighted by atomic mass is 16.5. The van der Waals surface area contributed by atoms with E-state index in [-0.39, 0.29) is 0 Å². The van der Waals surface area contributed by atoms with Gasteiger partial charge in [0.1, 0.15) is 11.5 Å². The molecule has 0 bridgehead atoms. The highest BCUT2D eigenvalue weighted by molar-refractivity contribution is 5.97. The van der Waals surface area contributed by atoms with Crippen LogP contribution >= 0.6 is 0 Å². The molecule has 0 spiro atoms. The molecule has 0 unspecified atom stereocenters. The molecule has 5 rings (SSSR count). The number of rotatable bonds is 4. The number of hydrogen-bond acceptors (Lipinski definition) is 6. The molecule has 0 saturated heterocycles. The van der Waals surface area contributed by atoms with Crippen molar-refractivity contribution in [2.24, 2.45) is 4.99 Å². The third-order valence-corrected chi connectivity index (χ3v) is 5.81. The van der Waals surface area contributed by atoms with E-state index in [1.54, 1.807) is 0 Å². The van der Waals surface area contributed by atoms with Crippen molar-refractivity contribution < 1.29 is 4.52 Å². The van der Waals surface area contributed by atoms with Gasteiger partial charge in [-0.05, 0) is 26.2 Å². The minimum absolute atomic E-state index is 0.813. The van der Waals surface area contributed by atoms with Crippen LogP contribution in [0.1, 0.15) is 47.7 Å². The van der Waals surface area contributed by atoms with Gasteiger partial charge in [-0.1, -0.05) is 35.5 Å². The maximum Gasteiger partial charge on any atom is 0.173 e. The molecule has 0 atom stereocenters. The summed E-state index contributed by atoms with van der Waals surface area (Å²) in [7, 11) is 0. The fourth-order valence-electron chi connectivity index (χ4n) is 4.15. The molecule has 2 aliphatic rings. The predicted molar refractivity (Wildman–Crippen MR) is 112 cm³/mol. The molecule has 3 aromatic rings. The molecular weight excluding hydrogens is 362 g/mol. The van der Waals surface area contributed by atoms with Crippen LogP contribution in [0.5, 0.6) is 0 Å². The van der Waals surface area contributed by atoms with E-state index in [0.29, 0.717) is 0 Å². The summed E-state index contributed by atoms with van der Waals surface area (Å²) in [5.41, 5.74) is 6.66. The maximum atomic E-state index is 5.53. The lowest BCUT2D eigenvalue weighted by Gasteiger charge is -2.28. The third kappa shape index (κ3) is 3.72. The van der Waals surface area contributed by atoms with Crippen LogP contribution in [0.25, 0.3) is 11.3 Å². The standard InChI is InChI=1S/C23H25N5O/c1-16-19(22(27-29-16)17-7-3-2-4-8-17)15-28-12-10-20-18(14-28)13-25-23(26-20)21-9-5-6-11-24-21/h2-4,7-8,13H,5-6,9-12,14-15H2,1H3. The second-order valence-corrected chi connectivity index (χ2v) is 7.84. The Morgan fingerprint density at radius 2 is 2.00 bits per heavy atom. The van der Waals surface area contributed by atoms with E-state index < -0.39 is 0 Å². The van der Waals surface area contributed by atoms with Crippen LogP contribution in [0.3, 0.4) is 0 Å². The Labute approximate surface area is 170 Å². The molecule has 0 saturated carbocycles. The number of hydrogen-bond donors (Lipinski definition) is 0. The van der Waals surface area contributed by atoms with E-state index in [1.165, 1.54) is 24.1 Å². The second-order valence-electron chi connectivity index (χ2n) is 7.84. The lowest BCUT2D eigenvalue weighted by Crippen LogP contribution is -2.31. The van der Waals surface area contributed by atoms with Gasteiger partial charge in [-0.2, -0.15) is 0 Å². The monoisotopic (exact) mass is 387 g/mol. The molecule has 6 heteroatoms. The molecule has 0 radical (unpaired) electrons. The highest BCUT2D eigenvalue weighted by Gasteiger charge is 2.23. The van der Waals surface area contributed by atoms with Crippen LogP contribution in [0.2, 0.25) is 0 Å². The van der Waals surface area contributed by atoms with Crippen molar-refractivity contribution in [3.63, 3.8) is 0 Å². The normalized spacial score (nSPS) is 17.1. The Morgan fingerprint density at radius 1 is 1.10 bits per heavy atom. The first kappa shape index (κ1) is 18.2. The van der Waals surface area contributed by atoms with E-state index in [0.717, 1.165) is 73.1 Å². The topological polar surface area (TPSA) is 67.4 Å². The van der Waals surface area contributed by atoms with Crippen molar-refractivity contribution in [2.75, 3.05) is 13.1 Å². The Morgan fingerprint density at radius 3 is 2.83 bits per heavy atom. The van der Waals surface area contributed by atoms with Gasteiger partial charge < -0.3 is 4.52 Å².